The summed E-state index contributed by atoms with van der Waals surface area (Å²) in [4.78, 5) is 38.2. The predicted octanol–water partition coefficient (Wildman–Crippen LogP) is 3.16. The summed E-state index contributed by atoms with van der Waals surface area (Å²) >= 11 is 6.11. The second-order valence-corrected chi connectivity index (χ2v) is 8.58. The second-order valence-electron chi connectivity index (χ2n) is 8.14. The fraction of sp³-hybridized carbons (Fsp3) is 0.333. The number of carbonyl (C=O) groups excluding carboxylic acids is 1. The van der Waals surface area contributed by atoms with Crippen molar-refractivity contribution in [2.45, 2.75) is 18.9 Å². The van der Waals surface area contributed by atoms with Crippen molar-refractivity contribution in [3.8, 4) is 0 Å². The average molecular weight is 427 g/mol. The molecule has 2 atom stereocenters. The first-order valence-corrected chi connectivity index (χ1v) is 10.1. The van der Waals surface area contributed by atoms with Gasteiger partial charge in [0.2, 0.25) is 0 Å². The van der Waals surface area contributed by atoms with Crippen LogP contribution < -0.4 is 5.56 Å². The van der Waals surface area contributed by atoms with Crippen molar-refractivity contribution in [2.24, 2.45) is 13.0 Å². The van der Waals surface area contributed by atoms with Crippen LogP contribution in [0.4, 0.5) is 5.69 Å². The molecule has 2 bridgehead atoms. The van der Waals surface area contributed by atoms with Crippen molar-refractivity contribution in [1.29, 1.82) is 0 Å². The van der Waals surface area contributed by atoms with Gasteiger partial charge in [0.05, 0.1) is 16.0 Å². The number of hydrogen-bond donors (Lipinski definition) is 0. The van der Waals surface area contributed by atoms with Gasteiger partial charge in [-0.15, -0.1) is 0 Å². The van der Waals surface area contributed by atoms with Gasteiger partial charge in [0, 0.05) is 61.0 Å². The first kappa shape index (κ1) is 18.9. The van der Waals surface area contributed by atoms with Crippen molar-refractivity contribution >= 4 is 34.1 Å². The summed E-state index contributed by atoms with van der Waals surface area (Å²) in [5.41, 5.74) is 1.33. The zero-order chi connectivity index (χ0) is 21.2. The van der Waals surface area contributed by atoms with E-state index in [1.807, 2.05) is 34.8 Å². The lowest BCUT2D eigenvalue weighted by Gasteiger charge is -2.42. The van der Waals surface area contributed by atoms with Crippen molar-refractivity contribution in [3.63, 3.8) is 0 Å². The predicted molar refractivity (Wildman–Crippen MR) is 112 cm³/mol. The van der Waals surface area contributed by atoms with Gasteiger partial charge >= 0.3 is 11.2 Å². The Morgan fingerprint density at radius 3 is 2.77 bits per heavy atom. The van der Waals surface area contributed by atoms with Gasteiger partial charge in [0.1, 0.15) is 0 Å². The Bertz CT molecular complexity index is 1280. The van der Waals surface area contributed by atoms with Gasteiger partial charge in [-0.1, -0.05) is 17.7 Å². The van der Waals surface area contributed by atoms with Crippen LogP contribution in [0.3, 0.4) is 0 Å². The maximum atomic E-state index is 13.4. The fourth-order valence-electron chi connectivity index (χ4n) is 4.94. The van der Waals surface area contributed by atoms with Crippen LogP contribution in [0.1, 0.15) is 28.4 Å². The summed E-state index contributed by atoms with van der Waals surface area (Å²) in [5, 5.41) is 12.6. The molecule has 1 fully saturated rings. The van der Waals surface area contributed by atoms with Crippen molar-refractivity contribution < 1.29 is 9.72 Å². The van der Waals surface area contributed by atoms with Crippen molar-refractivity contribution in [1.82, 2.24) is 14.0 Å². The monoisotopic (exact) mass is 426 g/mol. The summed E-state index contributed by atoms with van der Waals surface area (Å²) in [6, 6.07) is 8.43. The van der Waals surface area contributed by atoms with E-state index in [0.717, 1.165) is 23.0 Å². The van der Waals surface area contributed by atoms with Gasteiger partial charge in [-0.2, -0.15) is 0 Å². The number of pyridine rings is 1. The average Bonchev–Trinajstić information content (AvgIpc) is 3.03. The Labute approximate surface area is 176 Å². The standard InChI is InChI=1S/C21H19ClN4O4/c1-23-11-16(15-3-2-14(22)7-19(15)23)20(27)24-8-12-6-13(10-24)17-4-5-18(26(29)30)21(28)25(17)9-12/h2-5,7,11-13H,6,8-10H2,1H3/t12-,13?/m0/s1. The van der Waals surface area contributed by atoms with Crippen LogP contribution in [0, 0.1) is 16.0 Å². The van der Waals surface area contributed by atoms with E-state index in [1.54, 1.807) is 12.1 Å². The zero-order valence-electron chi connectivity index (χ0n) is 16.2. The molecule has 0 radical (unpaired) electrons. The molecule has 2 aliphatic rings. The molecule has 30 heavy (non-hydrogen) atoms. The minimum Gasteiger partial charge on any atom is -0.350 e. The van der Waals surface area contributed by atoms with Crippen LogP contribution in [-0.2, 0) is 13.6 Å². The van der Waals surface area contributed by atoms with Gasteiger partial charge in [0.15, 0.2) is 0 Å². The van der Waals surface area contributed by atoms with Gasteiger partial charge in [-0.3, -0.25) is 19.7 Å². The van der Waals surface area contributed by atoms with Crippen LogP contribution in [0.25, 0.3) is 10.9 Å². The third kappa shape index (κ3) is 2.82. The highest BCUT2D eigenvalue weighted by Crippen LogP contribution is 2.36. The normalized spacial score (nSPS) is 20.3. The molecule has 0 spiro atoms. The van der Waals surface area contributed by atoms with E-state index in [1.165, 1.54) is 10.6 Å². The SMILES string of the molecule is Cn1cc(C(=O)N2CC3C[C@@H](C2)Cn2c3ccc([N+](=O)[O-])c2=O)c2ccc(Cl)cc21. The number of benzene rings is 1. The van der Waals surface area contributed by atoms with Crippen LogP contribution >= 0.6 is 11.6 Å². The maximum absolute atomic E-state index is 13.4. The largest absolute Gasteiger partial charge is 0.350 e. The number of hydrogen-bond acceptors (Lipinski definition) is 4. The maximum Gasteiger partial charge on any atom is 0.334 e. The summed E-state index contributed by atoms with van der Waals surface area (Å²) in [7, 11) is 1.88. The number of rotatable bonds is 2. The number of aromatic nitrogens is 2. The van der Waals surface area contributed by atoms with E-state index in [-0.39, 0.29) is 17.7 Å². The Morgan fingerprint density at radius 2 is 2.00 bits per heavy atom. The van der Waals surface area contributed by atoms with Gasteiger partial charge < -0.3 is 14.0 Å². The van der Waals surface area contributed by atoms with E-state index in [9.17, 15) is 19.7 Å². The van der Waals surface area contributed by atoms with E-state index in [2.05, 4.69) is 0 Å². The summed E-state index contributed by atoms with van der Waals surface area (Å²) in [6.45, 7) is 1.39. The van der Waals surface area contributed by atoms with E-state index >= 15 is 0 Å². The van der Waals surface area contributed by atoms with Gasteiger partial charge in [-0.05, 0) is 30.5 Å². The number of fused-ring (bicyclic) bond motifs is 5. The summed E-state index contributed by atoms with van der Waals surface area (Å²) < 4.78 is 3.42. The van der Waals surface area contributed by atoms with Gasteiger partial charge in [-0.25, -0.2) is 0 Å². The molecule has 1 amide bonds. The molecule has 1 aromatic carbocycles. The smallest absolute Gasteiger partial charge is 0.334 e. The molecule has 0 N–H and O–H groups in total. The Hall–Kier alpha value is -3.13. The molecule has 2 aliphatic heterocycles. The molecular weight excluding hydrogens is 408 g/mol. The highest BCUT2D eigenvalue weighted by atomic mass is 35.5. The number of halogens is 1. The lowest BCUT2D eigenvalue weighted by Crippen LogP contribution is -2.49. The van der Waals surface area contributed by atoms with Crippen LogP contribution in [0.15, 0.2) is 41.3 Å². The quantitative estimate of drug-likeness (QED) is 0.465. The minimum atomic E-state index is -0.636. The molecule has 5 rings (SSSR count). The first-order valence-electron chi connectivity index (χ1n) is 9.75. The van der Waals surface area contributed by atoms with Crippen molar-refractivity contribution in [2.75, 3.05) is 13.1 Å². The second kappa shape index (κ2) is 6.70. The Kier molecular flexibility index (Phi) is 4.21. The van der Waals surface area contributed by atoms with Crippen LogP contribution in [-0.4, -0.2) is 38.0 Å². The number of carbonyl (C=O) groups is 1. The molecular formula is C21H19ClN4O4. The molecule has 4 heterocycles. The number of amides is 1. The topological polar surface area (TPSA) is 90.4 Å². The van der Waals surface area contributed by atoms with Gasteiger partial charge in [0.25, 0.3) is 5.91 Å². The zero-order valence-corrected chi connectivity index (χ0v) is 17.0. The number of aryl methyl sites for hydroxylation is 1. The lowest BCUT2D eigenvalue weighted by atomic mass is 9.83. The number of nitro groups is 1. The molecule has 0 aliphatic carbocycles. The van der Waals surface area contributed by atoms with Crippen molar-refractivity contribution in [3.05, 3.63) is 73.3 Å². The summed E-state index contributed by atoms with van der Waals surface area (Å²) in [6.07, 6.45) is 2.70. The molecule has 1 saturated heterocycles. The van der Waals surface area contributed by atoms with E-state index in [0.29, 0.717) is 30.2 Å². The Morgan fingerprint density at radius 1 is 1.20 bits per heavy atom. The highest BCUT2D eigenvalue weighted by molar-refractivity contribution is 6.31. The fourth-order valence-corrected chi connectivity index (χ4v) is 5.10. The third-order valence-electron chi connectivity index (χ3n) is 6.25. The molecule has 3 aromatic rings. The number of likely N-dealkylation sites (tertiary alicyclic amines) is 1. The lowest BCUT2D eigenvalue weighted by molar-refractivity contribution is -0.386. The first-order chi connectivity index (χ1) is 14.3. The summed E-state index contributed by atoms with van der Waals surface area (Å²) in [5.74, 6) is 0.0269. The molecule has 9 heteroatoms. The molecule has 1 unspecified atom stereocenters. The molecule has 8 nitrogen and oxygen atoms in total. The highest BCUT2D eigenvalue weighted by Gasteiger charge is 2.38. The van der Waals surface area contributed by atoms with E-state index < -0.39 is 16.2 Å². The Balaban J connectivity index is 1.49. The molecule has 2 aromatic heterocycles. The number of piperidine rings is 1. The van der Waals surface area contributed by atoms with Crippen LogP contribution in [0.5, 0.6) is 0 Å². The minimum absolute atomic E-state index is 0.0145. The molecule has 154 valence electrons. The van der Waals surface area contributed by atoms with E-state index in [4.69, 9.17) is 11.6 Å². The number of nitrogens with zero attached hydrogens (tertiary/aromatic N) is 4. The molecule has 0 saturated carbocycles. The van der Waals surface area contributed by atoms with Crippen LogP contribution in [0.2, 0.25) is 5.02 Å². The third-order valence-corrected chi connectivity index (χ3v) is 6.49.